The predicted octanol–water partition coefficient (Wildman–Crippen LogP) is 2.45. The van der Waals surface area contributed by atoms with Crippen LogP contribution in [0.5, 0.6) is 0 Å². The maximum atomic E-state index is 12.6. The number of anilines is 1. The van der Waals surface area contributed by atoms with Gasteiger partial charge in [0, 0.05) is 31.9 Å². The van der Waals surface area contributed by atoms with Crippen LogP contribution in [0.2, 0.25) is 0 Å². The molecule has 1 aromatic carbocycles. The van der Waals surface area contributed by atoms with Crippen LogP contribution in [-0.2, 0) is 16.0 Å². The van der Waals surface area contributed by atoms with Crippen molar-refractivity contribution < 1.29 is 9.59 Å². The van der Waals surface area contributed by atoms with Crippen molar-refractivity contribution in [1.82, 2.24) is 9.80 Å². The Balaban J connectivity index is 0.00000196. The van der Waals surface area contributed by atoms with E-state index in [0.717, 1.165) is 63.8 Å². The minimum atomic E-state index is -0.760. The highest BCUT2D eigenvalue weighted by molar-refractivity contribution is 5.98. The molecule has 1 aromatic rings. The third-order valence-electron chi connectivity index (χ3n) is 5.59. The number of hydrogen-bond donors (Lipinski definition) is 2. The fraction of sp³-hybridized carbons (Fsp3) is 0.600. The molecule has 2 amide bonds. The number of amides is 2. The second-order valence-corrected chi connectivity index (χ2v) is 7.73. The molecule has 1 aliphatic carbocycles. The van der Waals surface area contributed by atoms with E-state index in [-0.39, 0.29) is 36.6 Å². The van der Waals surface area contributed by atoms with E-state index >= 15 is 0 Å². The van der Waals surface area contributed by atoms with E-state index in [4.69, 9.17) is 5.73 Å². The van der Waals surface area contributed by atoms with Crippen LogP contribution in [0.15, 0.2) is 24.3 Å². The monoisotopic (exact) mass is 430 g/mol. The third-order valence-corrected chi connectivity index (χ3v) is 5.59. The number of nitrogens with one attached hydrogen (secondary N) is 1. The molecule has 158 valence electrons. The van der Waals surface area contributed by atoms with Gasteiger partial charge < -0.3 is 20.9 Å². The van der Waals surface area contributed by atoms with E-state index < -0.39 is 5.54 Å². The summed E-state index contributed by atoms with van der Waals surface area (Å²) in [5, 5.41) is 2.96. The molecule has 1 saturated carbocycles. The SMILES string of the molecule is CN1CCN(C(=O)Cc2cccc(NC(=O)C3(N)CCCCC3)c2)CC1.Cl.Cl. The van der Waals surface area contributed by atoms with Crippen LogP contribution >= 0.6 is 24.8 Å². The normalized spacial score (nSPS) is 19.1. The summed E-state index contributed by atoms with van der Waals surface area (Å²) in [5.41, 5.74) is 7.18. The van der Waals surface area contributed by atoms with Gasteiger partial charge in [0.05, 0.1) is 12.0 Å². The second-order valence-electron chi connectivity index (χ2n) is 7.73. The lowest BCUT2D eigenvalue weighted by Gasteiger charge is -2.32. The lowest BCUT2D eigenvalue weighted by atomic mass is 9.82. The van der Waals surface area contributed by atoms with Gasteiger partial charge in [-0.1, -0.05) is 31.4 Å². The minimum Gasteiger partial charge on any atom is -0.340 e. The summed E-state index contributed by atoms with van der Waals surface area (Å²) in [7, 11) is 2.07. The van der Waals surface area contributed by atoms with Gasteiger partial charge in [-0.2, -0.15) is 0 Å². The largest absolute Gasteiger partial charge is 0.340 e. The maximum Gasteiger partial charge on any atom is 0.244 e. The topological polar surface area (TPSA) is 78.7 Å². The molecule has 0 aromatic heterocycles. The number of nitrogens with zero attached hydrogens (tertiary/aromatic N) is 2. The first-order valence-corrected chi connectivity index (χ1v) is 9.62. The molecular formula is C20H32Cl2N4O2. The Hall–Kier alpha value is -1.34. The zero-order valence-electron chi connectivity index (χ0n) is 16.5. The van der Waals surface area contributed by atoms with E-state index in [1.165, 1.54) is 0 Å². The summed E-state index contributed by atoms with van der Waals surface area (Å²) in [6, 6.07) is 7.56. The Morgan fingerprint density at radius 2 is 1.71 bits per heavy atom. The quantitative estimate of drug-likeness (QED) is 0.768. The van der Waals surface area contributed by atoms with Gasteiger partial charge in [-0.3, -0.25) is 9.59 Å². The van der Waals surface area contributed by atoms with Crippen LogP contribution in [-0.4, -0.2) is 60.4 Å². The Morgan fingerprint density at radius 3 is 2.36 bits per heavy atom. The van der Waals surface area contributed by atoms with Gasteiger partial charge in [0.1, 0.15) is 0 Å². The van der Waals surface area contributed by atoms with Crippen LogP contribution in [0.25, 0.3) is 0 Å². The summed E-state index contributed by atoms with van der Waals surface area (Å²) in [5.74, 6) is 0.0314. The zero-order chi connectivity index (χ0) is 18.6. The molecule has 0 atom stereocenters. The van der Waals surface area contributed by atoms with Crippen molar-refractivity contribution in [2.24, 2.45) is 5.73 Å². The van der Waals surface area contributed by atoms with Gasteiger partial charge in [0.2, 0.25) is 11.8 Å². The van der Waals surface area contributed by atoms with E-state index in [0.29, 0.717) is 12.1 Å². The van der Waals surface area contributed by atoms with Crippen LogP contribution in [0.4, 0.5) is 5.69 Å². The number of halogens is 2. The summed E-state index contributed by atoms with van der Waals surface area (Å²) >= 11 is 0. The van der Waals surface area contributed by atoms with Crippen LogP contribution in [0.3, 0.4) is 0 Å². The van der Waals surface area contributed by atoms with Crippen molar-refractivity contribution in [3.8, 4) is 0 Å². The van der Waals surface area contributed by atoms with Crippen LogP contribution < -0.4 is 11.1 Å². The molecule has 3 rings (SSSR count). The van der Waals surface area contributed by atoms with Crippen molar-refractivity contribution in [2.45, 2.75) is 44.1 Å². The Bertz CT molecular complexity index is 657. The number of nitrogens with two attached hydrogens (primary N) is 1. The molecule has 0 unspecified atom stereocenters. The summed E-state index contributed by atoms with van der Waals surface area (Å²) < 4.78 is 0. The highest BCUT2D eigenvalue weighted by Gasteiger charge is 2.35. The number of piperazine rings is 1. The molecule has 2 aliphatic rings. The summed E-state index contributed by atoms with van der Waals surface area (Å²) in [6.45, 7) is 3.39. The van der Waals surface area contributed by atoms with Gasteiger partial charge in [-0.15, -0.1) is 24.8 Å². The van der Waals surface area contributed by atoms with Crippen molar-refractivity contribution in [2.75, 3.05) is 38.5 Å². The number of likely N-dealkylation sites (N-methyl/N-ethyl adjacent to an activating group) is 1. The molecule has 2 fully saturated rings. The first kappa shape index (κ1) is 24.7. The summed E-state index contributed by atoms with van der Waals surface area (Å²) in [4.78, 5) is 29.2. The van der Waals surface area contributed by atoms with Crippen molar-refractivity contribution in [1.29, 1.82) is 0 Å². The number of carbonyl (C=O) groups is 2. The molecule has 1 saturated heterocycles. The number of rotatable bonds is 4. The molecule has 3 N–H and O–H groups in total. The average molecular weight is 431 g/mol. The Morgan fingerprint density at radius 1 is 1.07 bits per heavy atom. The molecule has 0 radical (unpaired) electrons. The van der Waals surface area contributed by atoms with E-state index in [1.807, 2.05) is 29.2 Å². The van der Waals surface area contributed by atoms with Crippen molar-refractivity contribution >= 4 is 42.3 Å². The molecule has 0 bridgehead atoms. The number of carbonyl (C=O) groups excluding carboxylic acids is 2. The third kappa shape index (κ3) is 6.34. The zero-order valence-corrected chi connectivity index (χ0v) is 18.1. The van der Waals surface area contributed by atoms with Gasteiger partial charge >= 0.3 is 0 Å². The van der Waals surface area contributed by atoms with E-state index in [2.05, 4.69) is 17.3 Å². The number of benzene rings is 1. The highest BCUT2D eigenvalue weighted by Crippen LogP contribution is 2.27. The lowest BCUT2D eigenvalue weighted by Crippen LogP contribution is -2.52. The fourth-order valence-corrected chi connectivity index (χ4v) is 3.77. The molecule has 0 spiro atoms. The van der Waals surface area contributed by atoms with Crippen LogP contribution in [0, 0.1) is 0 Å². The fourth-order valence-electron chi connectivity index (χ4n) is 3.77. The summed E-state index contributed by atoms with van der Waals surface area (Å²) in [6.07, 6.45) is 4.99. The number of hydrogen-bond acceptors (Lipinski definition) is 4. The molecule has 1 heterocycles. The average Bonchev–Trinajstić information content (AvgIpc) is 2.63. The first-order chi connectivity index (χ1) is 12.5. The van der Waals surface area contributed by atoms with E-state index in [1.54, 1.807) is 0 Å². The van der Waals surface area contributed by atoms with Crippen LogP contribution in [0.1, 0.15) is 37.7 Å². The molecule has 28 heavy (non-hydrogen) atoms. The lowest BCUT2D eigenvalue weighted by molar-refractivity contribution is -0.132. The standard InChI is InChI=1S/C20H30N4O2.2ClH/c1-23-10-12-24(13-11-23)18(25)15-16-6-5-7-17(14-16)22-19(26)20(21)8-3-2-4-9-20;;/h5-7,14H,2-4,8-13,15,21H2,1H3,(H,22,26);2*1H. The smallest absolute Gasteiger partial charge is 0.244 e. The van der Waals surface area contributed by atoms with Gasteiger partial charge in [0.25, 0.3) is 0 Å². The molecule has 6 nitrogen and oxygen atoms in total. The van der Waals surface area contributed by atoms with E-state index in [9.17, 15) is 9.59 Å². The van der Waals surface area contributed by atoms with Gasteiger partial charge in [-0.05, 0) is 37.6 Å². The molecule has 1 aliphatic heterocycles. The van der Waals surface area contributed by atoms with Gasteiger partial charge in [-0.25, -0.2) is 0 Å². The van der Waals surface area contributed by atoms with Crippen molar-refractivity contribution in [3.63, 3.8) is 0 Å². The highest BCUT2D eigenvalue weighted by atomic mass is 35.5. The minimum absolute atomic E-state index is 0. The Labute approximate surface area is 180 Å². The van der Waals surface area contributed by atoms with Gasteiger partial charge in [0.15, 0.2) is 0 Å². The second kappa shape index (κ2) is 11.0. The predicted molar refractivity (Wildman–Crippen MR) is 117 cm³/mol. The maximum absolute atomic E-state index is 12.6. The molecule has 8 heteroatoms. The molecular weight excluding hydrogens is 399 g/mol. The Kier molecular flexibility index (Phi) is 9.70. The van der Waals surface area contributed by atoms with Crippen molar-refractivity contribution in [3.05, 3.63) is 29.8 Å². The first-order valence-electron chi connectivity index (χ1n) is 9.62.